The standard InChI is InChI=1S/C28H31FN4O3/c29-25-8-7-22-17-24(25)28(36)32-12-3-15-33(19-21-4-1-11-30-18-21)14-2-5-27(35)31-13-10-20-6-9-26(34)23(22)16-20/h1,4,6-9,11,16-18,34H,2-3,5,10,12-15,19H2,(H,31,35)(H,32,36). The quantitative estimate of drug-likeness (QED) is 0.510. The third-order valence-electron chi connectivity index (χ3n) is 6.26. The van der Waals surface area contributed by atoms with E-state index in [1.165, 1.54) is 12.1 Å². The molecule has 0 unspecified atom stereocenters. The number of fused-ring (bicyclic) bond motifs is 5. The average molecular weight is 491 g/mol. The lowest BCUT2D eigenvalue weighted by Crippen LogP contribution is -2.32. The summed E-state index contributed by atoms with van der Waals surface area (Å²) in [6.45, 7) is 2.99. The second-order valence-corrected chi connectivity index (χ2v) is 9.00. The van der Waals surface area contributed by atoms with Crippen LogP contribution in [0.1, 0.15) is 40.7 Å². The highest BCUT2D eigenvalue weighted by Gasteiger charge is 2.16. The SMILES string of the molecule is O=C1CCCN(Cc2cccnc2)CCCNC(=O)c2cc(ccc2F)-c2cc(ccc2O)CCN1. The maximum absolute atomic E-state index is 14.5. The maximum Gasteiger partial charge on any atom is 0.254 e. The zero-order chi connectivity index (χ0) is 25.3. The lowest BCUT2D eigenvalue weighted by molar-refractivity contribution is -0.121. The van der Waals surface area contributed by atoms with E-state index in [-0.39, 0.29) is 17.2 Å². The summed E-state index contributed by atoms with van der Waals surface area (Å²) in [5.41, 5.74) is 2.99. The van der Waals surface area contributed by atoms with E-state index in [0.717, 1.165) is 17.7 Å². The van der Waals surface area contributed by atoms with Crippen LogP contribution >= 0.6 is 0 Å². The number of pyridine rings is 1. The van der Waals surface area contributed by atoms with Crippen molar-refractivity contribution >= 4 is 11.8 Å². The Morgan fingerprint density at radius 3 is 2.64 bits per heavy atom. The number of carbonyl (C=O) groups is 2. The minimum atomic E-state index is -0.612. The summed E-state index contributed by atoms with van der Waals surface area (Å²) < 4.78 is 14.5. The van der Waals surface area contributed by atoms with Crippen LogP contribution in [0.2, 0.25) is 0 Å². The molecule has 2 heterocycles. The number of aromatic nitrogens is 1. The predicted molar refractivity (Wildman–Crippen MR) is 136 cm³/mol. The summed E-state index contributed by atoms with van der Waals surface area (Å²) in [6.07, 6.45) is 5.94. The van der Waals surface area contributed by atoms with E-state index < -0.39 is 11.7 Å². The molecule has 0 radical (unpaired) electrons. The molecular weight excluding hydrogens is 459 g/mol. The van der Waals surface area contributed by atoms with Gasteiger partial charge in [-0.1, -0.05) is 18.2 Å². The minimum absolute atomic E-state index is 0.00341. The van der Waals surface area contributed by atoms with Crippen molar-refractivity contribution in [1.82, 2.24) is 20.5 Å². The van der Waals surface area contributed by atoms with Crippen LogP contribution in [0.3, 0.4) is 0 Å². The van der Waals surface area contributed by atoms with Gasteiger partial charge in [0.1, 0.15) is 11.6 Å². The molecule has 2 aromatic carbocycles. The topological polar surface area (TPSA) is 94.6 Å². The lowest BCUT2D eigenvalue weighted by Gasteiger charge is -2.22. The molecule has 8 heteroatoms. The van der Waals surface area contributed by atoms with E-state index >= 15 is 0 Å². The molecule has 3 N–H and O–H groups in total. The van der Waals surface area contributed by atoms with Crippen molar-refractivity contribution < 1.29 is 19.1 Å². The highest BCUT2D eigenvalue weighted by molar-refractivity contribution is 5.96. The van der Waals surface area contributed by atoms with E-state index in [1.54, 1.807) is 30.5 Å². The molecule has 188 valence electrons. The molecule has 0 saturated heterocycles. The molecule has 2 amide bonds. The molecular formula is C28H31FN4O3. The van der Waals surface area contributed by atoms with Gasteiger partial charge in [0.25, 0.3) is 5.91 Å². The molecule has 4 rings (SSSR count). The van der Waals surface area contributed by atoms with Gasteiger partial charge in [0.05, 0.1) is 5.56 Å². The van der Waals surface area contributed by atoms with Crippen molar-refractivity contribution in [2.24, 2.45) is 0 Å². The van der Waals surface area contributed by atoms with Crippen molar-refractivity contribution in [3.05, 3.63) is 83.4 Å². The number of amides is 2. The molecule has 0 atom stereocenters. The van der Waals surface area contributed by atoms with Gasteiger partial charge in [-0.05, 0) is 72.8 Å². The largest absolute Gasteiger partial charge is 0.507 e. The van der Waals surface area contributed by atoms with Crippen LogP contribution in [-0.2, 0) is 17.8 Å². The van der Waals surface area contributed by atoms with E-state index in [0.29, 0.717) is 63.0 Å². The number of benzene rings is 2. The first-order chi connectivity index (χ1) is 17.5. The molecule has 1 aliphatic heterocycles. The van der Waals surface area contributed by atoms with Crippen LogP contribution in [0.25, 0.3) is 11.1 Å². The normalized spacial score (nSPS) is 16.2. The van der Waals surface area contributed by atoms with Crippen molar-refractivity contribution in [3.63, 3.8) is 0 Å². The van der Waals surface area contributed by atoms with Crippen molar-refractivity contribution in [1.29, 1.82) is 0 Å². The summed E-state index contributed by atoms with van der Waals surface area (Å²) in [7, 11) is 0. The number of phenols is 1. The zero-order valence-corrected chi connectivity index (χ0v) is 20.2. The summed E-state index contributed by atoms with van der Waals surface area (Å²) in [6, 6.07) is 13.3. The number of rotatable bonds is 2. The minimum Gasteiger partial charge on any atom is -0.507 e. The molecule has 36 heavy (non-hydrogen) atoms. The van der Waals surface area contributed by atoms with Gasteiger partial charge >= 0.3 is 0 Å². The van der Waals surface area contributed by atoms with Gasteiger partial charge in [0.2, 0.25) is 5.91 Å². The highest BCUT2D eigenvalue weighted by atomic mass is 19.1. The molecule has 4 bridgehead atoms. The molecule has 1 aliphatic rings. The van der Waals surface area contributed by atoms with E-state index in [2.05, 4.69) is 20.5 Å². The molecule has 3 aromatic rings. The number of phenolic OH excluding ortho intramolecular Hbond substituents is 1. The fourth-order valence-electron chi connectivity index (χ4n) is 4.35. The van der Waals surface area contributed by atoms with Gasteiger partial charge in [-0.25, -0.2) is 4.39 Å². The Hall–Kier alpha value is -3.78. The van der Waals surface area contributed by atoms with Gasteiger partial charge < -0.3 is 15.7 Å². The van der Waals surface area contributed by atoms with Crippen LogP contribution in [0.15, 0.2) is 60.9 Å². The molecule has 0 spiro atoms. The first-order valence-corrected chi connectivity index (χ1v) is 12.3. The Bertz CT molecular complexity index is 1200. The van der Waals surface area contributed by atoms with E-state index in [1.807, 2.05) is 18.3 Å². The van der Waals surface area contributed by atoms with Crippen molar-refractivity contribution in [2.75, 3.05) is 26.2 Å². The van der Waals surface area contributed by atoms with E-state index in [4.69, 9.17) is 0 Å². The molecule has 0 aliphatic carbocycles. The van der Waals surface area contributed by atoms with Crippen molar-refractivity contribution in [2.45, 2.75) is 32.2 Å². The van der Waals surface area contributed by atoms with Crippen LogP contribution < -0.4 is 10.6 Å². The Kier molecular flexibility index (Phi) is 8.62. The zero-order valence-electron chi connectivity index (χ0n) is 20.2. The molecule has 1 aromatic heterocycles. The Morgan fingerprint density at radius 2 is 1.81 bits per heavy atom. The summed E-state index contributed by atoms with van der Waals surface area (Å²) in [5, 5.41) is 16.2. The average Bonchev–Trinajstić information content (AvgIpc) is 2.88. The monoisotopic (exact) mass is 490 g/mol. The lowest BCUT2D eigenvalue weighted by atomic mass is 9.98. The number of nitrogens with one attached hydrogen (secondary N) is 2. The molecule has 7 nitrogen and oxygen atoms in total. The number of halogens is 1. The fourth-order valence-corrected chi connectivity index (χ4v) is 4.35. The van der Waals surface area contributed by atoms with Gasteiger partial charge in [-0.3, -0.25) is 19.5 Å². The Labute approximate surface area is 210 Å². The van der Waals surface area contributed by atoms with Crippen LogP contribution in [0.5, 0.6) is 5.75 Å². The number of carbonyl (C=O) groups excluding carboxylic acids is 2. The van der Waals surface area contributed by atoms with Gasteiger partial charge in [0, 0.05) is 50.6 Å². The van der Waals surface area contributed by atoms with Crippen LogP contribution in [-0.4, -0.2) is 53.0 Å². The molecule has 0 fully saturated rings. The van der Waals surface area contributed by atoms with Gasteiger partial charge in [-0.2, -0.15) is 0 Å². The smallest absolute Gasteiger partial charge is 0.254 e. The van der Waals surface area contributed by atoms with Gasteiger partial charge in [0.15, 0.2) is 0 Å². The molecule has 0 saturated carbocycles. The number of hydrogen-bond acceptors (Lipinski definition) is 5. The second kappa shape index (κ2) is 12.3. The van der Waals surface area contributed by atoms with Crippen molar-refractivity contribution in [3.8, 4) is 16.9 Å². The van der Waals surface area contributed by atoms with Crippen LogP contribution in [0.4, 0.5) is 4.39 Å². The van der Waals surface area contributed by atoms with Gasteiger partial charge in [-0.15, -0.1) is 0 Å². The fraction of sp³-hybridized carbons (Fsp3) is 0.321. The predicted octanol–water partition coefficient (Wildman–Crippen LogP) is 3.67. The first kappa shape index (κ1) is 25.3. The first-order valence-electron chi connectivity index (χ1n) is 12.3. The number of aromatic hydroxyl groups is 1. The maximum atomic E-state index is 14.5. The number of hydrogen-bond donors (Lipinski definition) is 3. The summed E-state index contributed by atoms with van der Waals surface area (Å²) in [5.74, 6) is -1.06. The summed E-state index contributed by atoms with van der Waals surface area (Å²) >= 11 is 0. The second-order valence-electron chi connectivity index (χ2n) is 9.00. The highest BCUT2D eigenvalue weighted by Crippen LogP contribution is 2.31. The third kappa shape index (κ3) is 6.88. The summed E-state index contributed by atoms with van der Waals surface area (Å²) in [4.78, 5) is 31.6. The third-order valence-corrected chi connectivity index (χ3v) is 6.26. The Morgan fingerprint density at radius 1 is 0.944 bits per heavy atom. The number of nitrogens with zero attached hydrogens (tertiary/aromatic N) is 2. The Balaban J connectivity index is 1.53. The van der Waals surface area contributed by atoms with Crippen LogP contribution in [0, 0.1) is 5.82 Å². The van der Waals surface area contributed by atoms with E-state index in [9.17, 15) is 19.1 Å².